The smallest absolute Gasteiger partial charge is 0.251 e. The number of aromatic nitrogens is 2. The monoisotopic (exact) mass is 270 g/mol. The molecule has 4 heteroatoms. The molecule has 2 aromatic rings. The molecule has 0 bridgehead atoms. The average Bonchev–Trinajstić information content (AvgIpc) is 3.23. The number of nitrogens with zero attached hydrogens (tertiary/aromatic N) is 1. The molecule has 1 aliphatic rings. The lowest BCUT2D eigenvalue weighted by Crippen LogP contribution is -2.11. The number of nitrogens with one attached hydrogen (secondary N) is 1. The number of aromatic amines is 1. The molecule has 1 aromatic heterocycles. The zero-order chi connectivity index (χ0) is 13.9. The summed E-state index contributed by atoms with van der Waals surface area (Å²) in [4.78, 5) is 18.9. The molecule has 20 heavy (non-hydrogen) atoms. The maximum absolute atomic E-state index is 11.7. The first-order chi connectivity index (χ1) is 9.74. The molecule has 3 rings (SSSR count). The van der Waals surface area contributed by atoms with Crippen LogP contribution in [0.15, 0.2) is 35.1 Å². The number of aryl methyl sites for hydroxylation is 1. The quantitative estimate of drug-likeness (QED) is 0.908. The van der Waals surface area contributed by atoms with Crippen molar-refractivity contribution in [2.75, 3.05) is 0 Å². The van der Waals surface area contributed by atoms with E-state index in [1.54, 1.807) is 0 Å². The summed E-state index contributed by atoms with van der Waals surface area (Å²) in [7, 11) is 0. The third-order valence-corrected chi connectivity index (χ3v) is 3.25. The van der Waals surface area contributed by atoms with Crippen molar-refractivity contribution in [1.82, 2.24) is 9.97 Å². The lowest BCUT2D eigenvalue weighted by atomic mass is 10.1. The van der Waals surface area contributed by atoms with Crippen LogP contribution in [0, 0.1) is 0 Å². The third-order valence-electron chi connectivity index (χ3n) is 3.25. The lowest BCUT2D eigenvalue weighted by molar-refractivity contribution is 0.303. The number of ether oxygens (including phenoxy) is 1. The van der Waals surface area contributed by atoms with E-state index in [1.807, 2.05) is 24.3 Å². The predicted octanol–water partition coefficient (Wildman–Crippen LogP) is 2.93. The Morgan fingerprint density at radius 3 is 2.70 bits per heavy atom. The molecule has 0 spiro atoms. The van der Waals surface area contributed by atoms with E-state index < -0.39 is 0 Å². The van der Waals surface area contributed by atoms with Crippen molar-refractivity contribution in [2.45, 2.75) is 38.7 Å². The topological polar surface area (TPSA) is 55.0 Å². The molecule has 0 amide bonds. The Kier molecular flexibility index (Phi) is 3.54. The fraction of sp³-hybridized carbons (Fsp3) is 0.375. The van der Waals surface area contributed by atoms with Crippen molar-refractivity contribution in [1.29, 1.82) is 0 Å². The van der Waals surface area contributed by atoms with Crippen LogP contribution in [0.3, 0.4) is 0 Å². The second kappa shape index (κ2) is 5.49. The van der Waals surface area contributed by atoms with Crippen LogP contribution >= 0.6 is 0 Å². The van der Waals surface area contributed by atoms with Crippen LogP contribution in [0.5, 0.6) is 5.75 Å². The van der Waals surface area contributed by atoms with Gasteiger partial charge in [-0.3, -0.25) is 4.79 Å². The predicted molar refractivity (Wildman–Crippen MR) is 77.9 cm³/mol. The van der Waals surface area contributed by atoms with Gasteiger partial charge in [-0.05, 0) is 43.5 Å². The Morgan fingerprint density at radius 1 is 1.30 bits per heavy atom. The molecule has 0 aliphatic heterocycles. The molecule has 0 atom stereocenters. The Labute approximate surface area is 117 Å². The minimum atomic E-state index is -0.100. The largest absolute Gasteiger partial charge is 0.490 e. The van der Waals surface area contributed by atoms with Gasteiger partial charge in [0.2, 0.25) is 0 Å². The van der Waals surface area contributed by atoms with E-state index in [4.69, 9.17) is 4.74 Å². The summed E-state index contributed by atoms with van der Waals surface area (Å²) < 4.78 is 5.71. The molecule has 0 radical (unpaired) electrons. The van der Waals surface area contributed by atoms with Gasteiger partial charge in [-0.2, -0.15) is 0 Å². The first kappa shape index (κ1) is 12.9. The van der Waals surface area contributed by atoms with E-state index in [0.717, 1.165) is 48.5 Å². The maximum atomic E-state index is 11.7. The number of rotatable bonds is 5. The Bertz CT molecular complexity index is 642. The molecule has 0 unspecified atom stereocenters. The number of hydrogen-bond acceptors (Lipinski definition) is 3. The zero-order valence-corrected chi connectivity index (χ0v) is 11.6. The second-order valence-electron chi connectivity index (χ2n) is 5.17. The first-order valence-corrected chi connectivity index (χ1v) is 7.12. The Morgan fingerprint density at radius 2 is 2.05 bits per heavy atom. The molecule has 1 N–H and O–H groups in total. The number of H-pyrrole nitrogens is 1. The van der Waals surface area contributed by atoms with Crippen molar-refractivity contribution < 1.29 is 4.74 Å². The van der Waals surface area contributed by atoms with Crippen LogP contribution in [0.2, 0.25) is 0 Å². The van der Waals surface area contributed by atoms with E-state index in [1.165, 1.54) is 6.07 Å². The first-order valence-electron chi connectivity index (χ1n) is 7.12. The number of benzene rings is 1. The van der Waals surface area contributed by atoms with Crippen LogP contribution in [-0.4, -0.2) is 16.1 Å². The number of hydrogen-bond donors (Lipinski definition) is 1. The summed E-state index contributed by atoms with van der Waals surface area (Å²) >= 11 is 0. The molecule has 1 heterocycles. The molecular weight excluding hydrogens is 252 g/mol. The maximum Gasteiger partial charge on any atom is 0.251 e. The van der Waals surface area contributed by atoms with Crippen molar-refractivity contribution in [3.8, 4) is 17.0 Å². The Balaban J connectivity index is 1.85. The van der Waals surface area contributed by atoms with E-state index in [9.17, 15) is 4.79 Å². The van der Waals surface area contributed by atoms with Gasteiger partial charge in [0.15, 0.2) is 0 Å². The van der Waals surface area contributed by atoms with Crippen molar-refractivity contribution in [2.24, 2.45) is 0 Å². The average molecular weight is 270 g/mol. The molecule has 1 aliphatic carbocycles. The van der Waals surface area contributed by atoms with Crippen LogP contribution < -0.4 is 10.3 Å². The van der Waals surface area contributed by atoms with Gasteiger partial charge >= 0.3 is 0 Å². The molecule has 1 fully saturated rings. The highest BCUT2D eigenvalue weighted by Gasteiger charge is 2.23. The molecule has 0 saturated heterocycles. The van der Waals surface area contributed by atoms with Crippen LogP contribution in [0.25, 0.3) is 11.3 Å². The SMILES string of the molecule is CCCc1nc(-c2ccc(OC3CC3)cc2)cc(=O)[nH]1. The third kappa shape index (κ3) is 3.07. The molecule has 1 aromatic carbocycles. The molecule has 4 nitrogen and oxygen atoms in total. The Hall–Kier alpha value is -2.10. The van der Waals surface area contributed by atoms with Gasteiger partial charge in [0.25, 0.3) is 5.56 Å². The van der Waals surface area contributed by atoms with Gasteiger partial charge in [-0.15, -0.1) is 0 Å². The van der Waals surface area contributed by atoms with Gasteiger partial charge in [-0.25, -0.2) is 4.98 Å². The zero-order valence-electron chi connectivity index (χ0n) is 11.6. The fourth-order valence-corrected chi connectivity index (χ4v) is 2.09. The summed E-state index contributed by atoms with van der Waals surface area (Å²) in [6.45, 7) is 2.07. The summed E-state index contributed by atoms with van der Waals surface area (Å²) in [5.74, 6) is 1.63. The minimum absolute atomic E-state index is 0.100. The van der Waals surface area contributed by atoms with Crippen molar-refractivity contribution >= 4 is 0 Å². The molecule has 104 valence electrons. The molecular formula is C16H18N2O2. The standard InChI is InChI=1S/C16H18N2O2/c1-2-3-15-17-14(10-16(19)18-15)11-4-6-12(7-5-11)20-13-8-9-13/h4-7,10,13H,2-3,8-9H2,1H3,(H,17,18,19). The van der Waals surface area contributed by atoms with Gasteiger partial charge in [0, 0.05) is 18.1 Å². The van der Waals surface area contributed by atoms with E-state index >= 15 is 0 Å². The second-order valence-corrected chi connectivity index (χ2v) is 5.17. The highest BCUT2D eigenvalue weighted by atomic mass is 16.5. The van der Waals surface area contributed by atoms with Crippen LogP contribution in [0.1, 0.15) is 32.0 Å². The summed E-state index contributed by atoms with van der Waals surface area (Å²) in [5.41, 5.74) is 1.56. The minimum Gasteiger partial charge on any atom is -0.490 e. The molecule has 1 saturated carbocycles. The highest BCUT2D eigenvalue weighted by molar-refractivity contribution is 5.59. The van der Waals surface area contributed by atoms with Gasteiger partial charge < -0.3 is 9.72 Å². The normalized spacial score (nSPS) is 14.2. The van der Waals surface area contributed by atoms with Gasteiger partial charge in [0.05, 0.1) is 11.8 Å². The van der Waals surface area contributed by atoms with E-state index in [2.05, 4.69) is 16.9 Å². The lowest BCUT2D eigenvalue weighted by Gasteiger charge is -2.06. The van der Waals surface area contributed by atoms with Crippen molar-refractivity contribution in [3.05, 3.63) is 46.5 Å². The van der Waals surface area contributed by atoms with Crippen molar-refractivity contribution in [3.63, 3.8) is 0 Å². The summed E-state index contributed by atoms with van der Waals surface area (Å²) in [6.07, 6.45) is 4.44. The summed E-state index contributed by atoms with van der Waals surface area (Å²) in [5, 5.41) is 0. The highest BCUT2D eigenvalue weighted by Crippen LogP contribution is 2.28. The van der Waals surface area contributed by atoms with Crippen LogP contribution in [0.4, 0.5) is 0 Å². The van der Waals surface area contributed by atoms with Gasteiger partial charge in [0.1, 0.15) is 11.6 Å². The van der Waals surface area contributed by atoms with E-state index in [0.29, 0.717) is 6.10 Å². The van der Waals surface area contributed by atoms with Gasteiger partial charge in [-0.1, -0.05) is 6.92 Å². The summed E-state index contributed by atoms with van der Waals surface area (Å²) in [6, 6.07) is 9.33. The van der Waals surface area contributed by atoms with Crippen LogP contribution in [-0.2, 0) is 6.42 Å². The fourth-order valence-electron chi connectivity index (χ4n) is 2.09. The van der Waals surface area contributed by atoms with E-state index in [-0.39, 0.29) is 5.56 Å².